The molecule has 2 rings (SSSR count). The molecule has 1 aliphatic heterocycles. The van der Waals surface area contributed by atoms with Crippen molar-refractivity contribution in [1.82, 2.24) is 5.32 Å². The monoisotopic (exact) mass is 243 g/mol. The van der Waals surface area contributed by atoms with E-state index >= 15 is 0 Å². The molecule has 1 aliphatic rings. The van der Waals surface area contributed by atoms with Gasteiger partial charge in [0.15, 0.2) is 0 Å². The van der Waals surface area contributed by atoms with Crippen molar-refractivity contribution < 1.29 is 9.50 Å². The van der Waals surface area contributed by atoms with Crippen LogP contribution in [0.25, 0.3) is 0 Å². The maximum atomic E-state index is 13.1. The Hall–Kier alpha value is -0.640. The largest absolute Gasteiger partial charge is 0.388 e. The number of aliphatic hydroxyl groups excluding tert-OH is 1. The number of rotatable bonds is 2. The van der Waals surface area contributed by atoms with E-state index < -0.39 is 11.9 Å². The molecule has 0 aromatic heterocycles. The van der Waals surface area contributed by atoms with Crippen LogP contribution in [0.4, 0.5) is 4.39 Å². The molecule has 0 bridgehead atoms. The summed E-state index contributed by atoms with van der Waals surface area (Å²) in [6.45, 7) is 1.77. The zero-order chi connectivity index (χ0) is 11.5. The average Bonchev–Trinajstić information content (AvgIpc) is 2.28. The van der Waals surface area contributed by atoms with Gasteiger partial charge in [0.25, 0.3) is 0 Å². The van der Waals surface area contributed by atoms with Crippen molar-refractivity contribution in [1.29, 1.82) is 0 Å². The SMILES string of the molecule is OC(c1cc(F)cc(Cl)c1)[C@@H]1CCCNC1. The molecule has 1 unspecified atom stereocenters. The van der Waals surface area contributed by atoms with Gasteiger partial charge < -0.3 is 10.4 Å². The van der Waals surface area contributed by atoms with E-state index in [-0.39, 0.29) is 5.92 Å². The Bertz CT molecular complexity index is 346. The van der Waals surface area contributed by atoms with E-state index in [1.807, 2.05) is 0 Å². The van der Waals surface area contributed by atoms with Gasteiger partial charge in [0.1, 0.15) is 5.82 Å². The first kappa shape index (κ1) is 11.8. The summed E-state index contributed by atoms with van der Waals surface area (Å²) in [5.74, 6) is -0.253. The fourth-order valence-corrected chi connectivity index (χ4v) is 2.40. The molecule has 0 saturated carbocycles. The molecule has 88 valence electrons. The first-order valence-corrected chi connectivity index (χ1v) is 5.89. The number of hydrogen-bond acceptors (Lipinski definition) is 2. The molecule has 2 atom stereocenters. The van der Waals surface area contributed by atoms with Crippen LogP contribution in [0, 0.1) is 11.7 Å². The van der Waals surface area contributed by atoms with Crippen molar-refractivity contribution in [2.75, 3.05) is 13.1 Å². The molecule has 0 aliphatic carbocycles. The Labute approximate surface area is 99.4 Å². The van der Waals surface area contributed by atoms with E-state index in [1.54, 1.807) is 6.07 Å². The maximum absolute atomic E-state index is 13.1. The number of piperidine rings is 1. The van der Waals surface area contributed by atoms with Gasteiger partial charge in [-0.2, -0.15) is 0 Å². The fourth-order valence-electron chi connectivity index (χ4n) is 2.17. The molecule has 2 nitrogen and oxygen atoms in total. The minimum atomic E-state index is -0.638. The third-order valence-corrected chi connectivity index (χ3v) is 3.23. The number of benzene rings is 1. The van der Waals surface area contributed by atoms with Crippen molar-refractivity contribution >= 4 is 11.6 Å². The Morgan fingerprint density at radius 3 is 2.88 bits per heavy atom. The molecular formula is C12H15ClFNO. The van der Waals surface area contributed by atoms with Crippen LogP contribution in [-0.2, 0) is 0 Å². The summed E-state index contributed by atoms with van der Waals surface area (Å²) < 4.78 is 13.1. The molecular weight excluding hydrogens is 229 g/mol. The lowest BCUT2D eigenvalue weighted by molar-refractivity contribution is 0.0919. The lowest BCUT2D eigenvalue weighted by Gasteiger charge is -2.27. The zero-order valence-electron chi connectivity index (χ0n) is 8.92. The third kappa shape index (κ3) is 2.73. The molecule has 1 saturated heterocycles. The summed E-state index contributed by atoms with van der Waals surface area (Å²) in [5, 5.41) is 13.7. The summed E-state index contributed by atoms with van der Waals surface area (Å²) in [6, 6.07) is 4.23. The van der Waals surface area contributed by atoms with Gasteiger partial charge in [0.05, 0.1) is 6.10 Å². The second-order valence-corrected chi connectivity index (χ2v) is 4.69. The van der Waals surface area contributed by atoms with E-state index in [9.17, 15) is 9.50 Å². The van der Waals surface area contributed by atoms with E-state index in [4.69, 9.17) is 11.6 Å². The van der Waals surface area contributed by atoms with Crippen molar-refractivity contribution in [2.24, 2.45) is 5.92 Å². The molecule has 1 aromatic rings. The molecule has 1 fully saturated rings. The molecule has 0 spiro atoms. The molecule has 1 aromatic carbocycles. The van der Waals surface area contributed by atoms with Crippen LogP contribution in [0.2, 0.25) is 5.02 Å². The Kier molecular flexibility index (Phi) is 3.79. The van der Waals surface area contributed by atoms with Gasteiger partial charge >= 0.3 is 0 Å². The smallest absolute Gasteiger partial charge is 0.125 e. The molecule has 2 N–H and O–H groups in total. The van der Waals surface area contributed by atoms with E-state index in [2.05, 4.69) is 5.32 Å². The van der Waals surface area contributed by atoms with Gasteiger partial charge in [0.2, 0.25) is 0 Å². The average molecular weight is 244 g/mol. The van der Waals surface area contributed by atoms with Crippen LogP contribution in [0.3, 0.4) is 0 Å². The molecule has 1 heterocycles. The summed E-state index contributed by atoms with van der Waals surface area (Å²) in [5.41, 5.74) is 0.568. The zero-order valence-corrected chi connectivity index (χ0v) is 9.67. The van der Waals surface area contributed by atoms with Crippen LogP contribution >= 0.6 is 11.6 Å². The Balaban J connectivity index is 2.15. The normalized spacial score (nSPS) is 23.1. The first-order valence-electron chi connectivity index (χ1n) is 5.51. The van der Waals surface area contributed by atoms with Crippen molar-refractivity contribution in [3.63, 3.8) is 0 Å². The van der Waals surface area contributed by atoms with Gasteiger partial charge in [-0.05, 0) is 43.1 Å². The van der Waals surface area contributed by atoms with Gasteiger partial charge in [-0.3, -0.25) is 0 Å². The highest BCUT2D eigenvalue weighted by molar-refractivity contribution is 6.30. The number of halogens is 2. The molecule has 16 heavy (non-hydrogen) atoms. The van der Waals surface area contributed by atoms with E-state index in [0.717, 1.165) is 25.9 Å². The Morgan fingerprint density at radius 2 is 2.25 bits per heavy atom. The number of aliphatic hydroxyl groups is 1. The molecule has 4 heteroatoms. The number of hydrogen-bond donors (Lipinski definition) is 2. The highest BCUT2D eigenvalue weighted by atomic mass is 35.5. The minimum Gasteiger partial charge on any atom is -0.388 e. The topological polar surface area (TPSA) is 32.3 Å². The van der Waals surface area contributed by atoms with E-state index in [0.29, 0.717) is 10.6 Å². The molecule has 0 radical (unpaired) electrons. The van der Waals surface area contributed by atoms with Crippen molar-refractivity contribution in [2.45, 2.75) is 18.9 Å². The van der Waals surface area contributed by atoms with Crippen molar-refractivity contribution in [3.05, 3.63) is 34.6 Å². The highest BCUT2D eigenvalue weighted by Gasteiger charge is 2.23. The first-order chi connectivity index (χ1) is 7.66. The van der Waals surface area contributed by atoms with Crippen LogP contribution in [0.15, 0.2) is 18.2 Å². The van der Waals surface area contributed by atoms with Crippen LogP contribution in [0.1, 0.15) is 24.5 Å². The van der Waals surface area contributed by atoms with Crippen LogP contribution in [-0.4, -0.2) is 18.2 Å². The molecule has 0 amide bonds. The van der Waals surface area contributed by atoms with E-state index in [1.165, 1.54) is 12.1 Å². The van der Waals surface area contributed by atoms with Gasteiger partial charge in [-0.15, -0.1) is 0 Å². The predicted octanol–water partition coefficient (Wildman–Crippen LogP) is 2.51. The Morgan fingerprint density at radius 1 is 1.44 bits per heavy atom. The summed E-state index contributed by atoms with van der Waals surface area (Å²) in [4.78, 5) is 0. The highest BCUT2D eigenvalue weighted by Crippen LogP contribution is 2.29. The lowest BCUT2D eigenvalue weighted by atomic mass is 9.89. The maximum Gasteiger partial charge on any atom is 0.125 e. The number of nitrogens with one attached hydrogen (secondary N) is 1. The summed E-state index contributed by atoms with van der Waals surface area (Å²) in [6.07, 6.45) is 1.37. The minimum absolute atomic E-state index is 0.145. The van der Waals surface area contributed by atoms with Crippen LogP contribution < -0.4 is 5.32 Å². The van der Waals surface area contributed by atoms with Crippen molar-refractivity contribution in [3.8, 4) is 0 Å². The van der Waals surface area contributed by atoms with Crippen LogP contribution in [0.5, 0.6) is 0 Å². The second kappa shape index (κ2) is 5.13. The van der Waals surface area contributed by atoms with Gasteiger partial charge in [0, 0.05) is 17.5 Å². The van der Waals surface area contributed by atoms with Gasteiger partial charge in [-0.1, -0.05) is 11.6 Å². The van der Waals surface area contributed by atoms with Gasteiger partial charge in [-0.25, -0.2) is 4.39 Å². The summed E-state index contributed by atoms with van der Waals surface area (Å²) >= 11 is 5.77. The predicted molar refractivity (Wildman–Crippen MR) is 62.0 cm³/mol. The third-order valence-electron chi connectivity index (χ3n) is 3.01. The fraction of sp³-hybridized carbons (Fsp3) is 0.500. The quantitative estimate of drug-likeness (QED) is 0.837. The standard InChI is InChI=1S/C12H15ClFNO/c13-10-4-9(5-11(14)6-10)12(16)8-2-1-3-15-7-8/h4-6,8,12,15-16H,1-3,7H2/t8-,12?/m1/s1. The lowest BCUT2D eigenvalue weighted by Crippen LogP contribution is -2.33. The summed E-state index contributed by atoms with van der Waals surface area (Å²) in [7, 11) is 0. The second-order valence-electron chi connectivity index (χ2n) is 4.25.